The number of nitrogens with zero attached hydrogens (tertiary/aromatic N) is 3. The third kappa shape index (κ3) is 6.60. The number of allylic oxidation sites excluding steroid dienone is 1. The summed E-state index contributed by atoms with van der Waals surface area (Å²) < 4.78 is 1.91. The molecule has 1 atom stereocenters. The Bertz CT molecular complexity index is 1200. The number of amides is 2. The average Bonchev–Trinajstić information content (AvgIpc) is 3.20. The molecule has 1 aromatic heterocycles. The first-order chi connectivity index (χ1) is 16.7. The van der Waals surface area contributed by atoms with Crippen LogP contribution in [0.2, 0.25) is 0 Å². The Balaban J connectivity index is 1.77. The number of anilines is 1. The summed E-state index contributed by atoms with van der Waals surface area (Å²) in [5.74, 6) is 0.615. The van der Waals surface area contributed by atoms with Crippen LogP contribution in [0.5, 0.6) is 0 Å². The van der Waals surface area contributed by atoms with E-state index < -0.39 is 0 Å². The molecule has 7 nitrogen and oxygen atoms in total. The van der Waals surface area contributed by atoms with Crippen LogP contribution in [-0.2, 0) is 11.3 Å². The molecule has 35 heavy (non-hydrogen) atoms. The van der Waals surface area contributed by atoms with E-state index in [9.17, 15) is 9.59 Å². The van der Waals surface area contributed by atoms with E-state index in [2.05, 4.69) is 27.4 Å². The van der Waals surface area contributed by atoms with Crippen molar-refractivity contribution in [2.75, 3.05) is 11.1 Å². The maximum Gasteiger partial charge on any atom is 0.251 e. The number of para-hydroxylation sites is 1. The van der Waals surface area contributed by atoms with Crippen molar-refractivity contribution in [2.45, 2.75) is 52.4 Å². The summed E-state index contributed by atoms with van der Waals surface area (Å²) in [6.45, 7) is 14.3. The van der Waals surface area contributed by atoms with E-state index in [1.165, 1.54) is 11.8 Å². The van der Waals surface area contributed by atoms with E-state index in [0.717, 1.165) is 22.4 Å². The Morgan fingerprint density at radius 1 is 1.09 bits per heavy atom. The fraction of sp³-hybridized carbons (Fsp3) is 0.333. The van der Waals surface area contributed by atoms with Crippen molar-refractivity contribution < 1.29 is 9.59 Å². The second-order valence-electron chi connectivity index (χ2n) is 8.91. The summed E-state index contributed by atoms with van der Waals surface area (Å²) in [6, 6.07) is 13.0. The Labute approximate surface area is 211 Å². The zero-order valence-corrected chi connectivity index (χ0v) is 21.8. The van der Waals surface area contributed by atoms with Crippen LogP contribution in [0.25, 0.3) is 0 Å². The fourth-order valence-electron chi connectivity index (χ4n) is 3.80. The molecule has 0 saturated carbocycles. The van der Waals surface area contributed by atoms with Crippen LogP contribution in [0.15, 0.2) is 60.3 Å². The molecule has 184 valence electrons. The van der Waals surface area contributed by atoms with Crippen molar-refractivity contribution in [3.63, 3.8) is 0 Å². The third-order valence-corrected chi connectivity index (χ3v) is 6.61. The highest BCUT2D eigenvalue weighted by Gasteiger charge is 2.26. The number of nitrogens with one attached hydrogen (secondary N) is 2. The lowest BCUT2D eigenvalue weighted by Gasteiger charge is -2.22. The average molecular weight is 492 g/mol. The smallest absolute Gasteiger partial charge is 0.251 e. The number of thioether (sulfide) groups is 1. The molecule has 3 rings (SSSR count). The Morgan fingerprint density at radius 2 is 1.77 bits per heavy atom. The molecule has 0 bridgehead atoms. The van der Waals surface area contributed by atoms with E-state index in [4.69, 9.17) is 0 Å². The van der Waals surface area contributed by atoms with Gasteiger partial charge in [-0.2, -0.15) is 0 Å². The molecule has 0 aliphatic rings. The van der Waals surface area contributed by atoms with Gasteiger partial charge in [-0.1, -0.05) is 67.6 Å². The second kappa shape index (κ2) is 11.8. The van der Waals surface area contributed by atoms with Gasteiger partial charge in [0.05, 0.1) is 11.8 Å². The predicted octanol–water partition coefficient (Wildman–Crippen LogP) is 5.25. The van der Waals surface area contributed by atoms with Crippen molar-refractivity contribution in [3.05, 3.63) is 83.2 Å². The van der Waals surface area contributed by atoms with Crippen LogP contribution in [0.4, 0.5) is 5.69 Å². The highest BCUT2D eigenvalue weighted by molar-refractivity contribution is 7.99. The number of hydrogen-bond donors (Lipinski definition) is 2. The summed E-state index contributed by atoms with van der Waals surface area (Å²) in [7, 11) is 0. The van der Waals surface area contributed by atoms with Crippen molar-refractivity contribution in [3.8, 4) is 0 Å². The summed E-state index contributed by atoms with van der Waals surface area (Å²) >= 11 is 1.31. The maximum atomic E-state index is 13.0. The molecule has 1 heterocycles. The van der Waals surface area contributed by atoms with Gasteiger partial charge in [0.25, 0.3) is 5.91 Å². The molecule has 0 radical (unpaired) electrons. The van der Waals surface area contributed by atoms with Crippen LogP contribution in [-0.4, -0.2) is 32.3 Å². The predicted molar refractivity (Wildman–Crippen MR) is 142 cm³/mol. The first kappa shape index (κ1) is 26.2. The van der Waals surface area contributed by atoms with Crippen molar-refractivity contribution in [2.24, 2.45) is 5.92 Å². The van der Waals surface area contributed by atoms with Crippen LogP contribution in [0.1, 0.15) is 52.8 Å². The lowest BCUT2D eigenvalue weighted by atomic mass is 10.0. The van der Waals surface area contributed by atoms with Gasteiger partial charge >= 0.3 is 0 Å². The van der Waals surface area contributed by atoms with Gasteiger partial charge < -0.3 is 15.2 Å². The molecule has 0 saturated heterocycles. The number of benzene rings is 2. The first-order valence-corrected chi connectivity index (χ1v) is 12.6. The summed E-state index contributed by atoms with van der Waals surface area (Å²) in [5, 5.41) is 15.5. The largest absolute Gasteiger partial charge is 0.342 e. The van der Waals surface area contributed by atoms with E-state index in [1.54, 1.807) is 12.1 Å². The van der Waals surface area contributed by atoms with E-state index in [-0.39, 0.29) is 29.5 Å². The van der Waals surface area contributed by atoms with Crippen LogP contribution in [0.3, 0.4) is 0 Å². The number of carbonyl (C=O) groups is 2. The van der Waals surface area contributed by atoms with Gasteiger partial charge in [0.2, 0.25) is 5.91 Å². The second-order valence-corrected chi connectivity index (χ2v) is 9.85. The van der Waals surface area contributed by atoms with Gasteiger partial charge in [-0.25, -0.2) is 0 Å². The lowest BCUT2D eigenvalue weighted by Crippen LogP contribution is -2.34. The highest BCUT2D eigenvalue weighted by atomic mass is 32.2. The monoisotopic (exact) mass is 491 g/mol. The standard InChI is InChI=1S/C27H33N5O2S/c1-7-14-32-25(23(17(2)3)29-26(34)21-13-8-10-18(4)15-21)30-31-27(32)35-16-22(33)28-24-19(5)11-9-12-20(24)6/h7-13,15,17,23H,1,14,16H2,2-6H3,(H,28,33)(H,29,34)/t23-/m1/s1. The Hall–Kier alpha value is -3.39. The first-order valence-electron chi connectivity index (χ1n) is 11.6. The highest BCUT2D eigenvalue weighted by Crippen LogP contribution is 2.26. The number of aryl methyl sites for hydroxylation is 3. The Morgan fingerprint density at radius 3 is 2.40 bits per heavy atom. The van der Waals surface area contributed by atoms with E-state index >= 15 is 0 Å². The van der Waals surface area contributed by atoms with Crippen LogP contribution < -0.4 is 10.6 Å². The lowest BCUT2D eigenvalue weighted by molar-refractivity contribution is -0.113. The topological polar surface area (TPSA) is 88.9 Å². The van der Waals surface area contributed by atoms with Gasteiger partial charge in [0, 0.05) is 17.8 Å². The van der Waals surface area contributed by atoms with Gasteiger partial charge in [-0.05, 0) is 49.9 Å². The van der Waals surface area contributed by atoms with Gasteiger partial charge in [-0.15, -0.1) is 16.8 Å². The summed E-state index contributed by atoms with van der Waals surface area (Å²) in [5.41, 5.74) is 4.49. The molecule has 0 spiro atoms. The van der Waals surface area contributed by atoms with E-state index in [0.29, 0.717) is 23.1 Å². The quantitative estimate of drug-likeness (QED) is 0.299. The minimum Gasteiger partial charge on any atom is -0.342 e. The molecule has 2 amide bonds. The molecule has 2 N–H and O–H groups in total. The van der Waals surface area contributed by atoms with E-state index in [1.807, 2.05) is 75.6 Å². The molecule has 0 aliphatic heterocycles. The molecule has 0 aliphatic carbocycles. The Kier molecular flexibility index (Phi) is 8.87. The zero-order valence-electron chi connectivity index (χ0n) is 21.0. The summed E-state index contributed by atoms with van der Waals surface area (Å²) in [6.07, 6.45) is 1.76. The normalized spacial score (nSPS) is 11.8. The number of rotatable bonds is 10. The molecule has 3 aromatic rings. The van der Waals surface area contributed by atoms with Crippen molar-refractivity contribution in [1.29, 1.82) is 0 Å². The molecule has 0 unspecified atom stereocenters. The minimum absolute atomic E-state index is 0.0710. The van der Waals surface area contributed by atoms with Crippen LogP contribution >= 0.6 is 11.8 Å². The SMILES string of the molecule is C=CCn1c(SCC(=O)Nc2c(C)cccc2C)nnc1[C@H](NC(=O)c1cccc(C)c1)C(C)C. The number of aromatic nitrogens is 3. The summed E-state index contributed by atoms with van der Waals surface area (Å²) in [4.78, 5) is 25.6. The van der Waals surface area contributed by atoms with Gasteiger partial charge in [0.1, 0.15) is 0 Å². The molecular formula is C27H33N5O2S. The molecule has 2 aromatic carbocycles. The number of hydrogen-bond acceptors (Lipinski definition) is 5. The van der Waals surface area contributed by atoms with Gasteiger partial charge in [-0.3, -0.25) is 9.59 Å². The maximum absolute atomic E-state index is 13.0. The van der Waals surface area contributed by atoms with Gasteiger partial charge in [0.15, 0.2) is 11.0 Å². The third-order valence-electron chi connectivity index (χ3n) is 5.65. The molecule has 0 fully saturated rings. The van der Waals surface area contributed by atoms with Crippen molar-refractivity contribution >= 4 is 29.3 Å². The molecular weight excluding hydrogens is 458 g/mol. The number of carbonyl (C=O) groups excluding carboxylic acids is 2. The van der Waals surface area contributed by atoms with Crippen molar-refractivity contribution in [1.82, 2.24) is 20.1 Å². The van der Waals surface area contributed by atoms with Crippen LogP contribution in [0, 0.1) is 26.7 Å². The minimum atomic E-state index is -0.353. The fourth-order valence-corrected chi connectivity index (χ4v) is 4.55. The molecule has 8 heteroatoms. The zero-order chi connectivity index (χ0) is 25.5.